The fourth-order valence-corrected chi connectivity index (χ4v) is 1.52. The maximum absolute atomic E-state index is 11.4. The van der Waals surface area contributed by atoms with E-state index in [9.17, 15) is 5.11 Å². The highest BCUT2D eigenvalue weighted by Crippen LogP contribution is 2.22. The van der Waals surface area contributed by atoms with E-state index in [-0.39, 0.29) is 11.6 Å². The van der Waals surface area contributed by atoms with Crippen molar-refractivity contribution in [1.29, 1.82) is 0 Å². The fraction of sp³-hybridized carbons (Fsp3) is 0.143. The van der Waals surface area contributed by atoms with Gasteiger partial charge in [-0.2, -0.15) is 0 Å². The van der Waals surface area contributed by atoms with Crippen LogP contribution < -0.4 is 9.84 Å². The molecule has 0 unspecified atom stereocenters. The van der Waals surface area contributed by atoms with Gasteiger partial charge in [0.2, 0.25) is 0 Å². The van der Waals surface area contributed by atoms with Crippen LogP contribution in [0.3, 0.4) is 0 Å². The molecule has 0 aliphatic heterocycles. The topological polar surface area (TPSA) is 57.5 Å². The molecule has 0 amide bonds. The lowest BCUT2D eigenvalue weighted by Crippen LogP contribution is -2.19. The second-order valence-corrected chi connectivity index (χ2v) is 3.82. The first-order chi connectivity index (χ1) is 8.69. The van der Waals surface area contributed by atoms with Crippen LogP contribution in [0.1, 0.15) is 11.3 Å². The predicted octanol–water partition coefficient (Wildman–Crippen LogP) is 1.92. The number of rotatable bonds is 3. The molecule has 4 nitrogen and oxygen atoms in total. The van der Waals surface area contributed by atoms with E-state index in [2.05, 4.69) is 9.98 Å². The van der Waals surface area contributed by atoms with Crippen LogP contribution in [0.25, 0.3) is 0 Å². The minimum atomic E-state index is -0.357. The third kappa shape index (κ3) is 2.85. The van der Waals surface area contributed by atoms with Crippen molar-refractivity contribution in [2.45, 2.75) is 6.92 Å². The van der Waals surface area contributed by atoms with Gasteiger partial charge in [0.25, 0.3) is 0 Å². The van der Waals surface area contributed by atoms with Gasteiger partial charge in [0.05, 0.1) is 5.69 Å². The van der Waals surface area contributed by atoms with E-state index in [0.29, 0.717) is 5.75 Å². The quantitative estimate of drug-likeness (QED) is 0.609. The minimum Gasteiger partial charge on any atom is -0.857 e. The van der Waals surface area contributed by atoms with Crippen molar-refractivity contribution in [2.24, 2.45) is 4.99 Å². The summed E-state index contributed by atoms with van der Waals surface area (Å²) in [5.74, 6) is 0.945. The van der Waals surface area contributed by atoms with E-state index in [1.54, 1.807) is 12.1 Å². The molecule has 0 saturated carbocycles. The molecule has 0 radical (unpaired) electrons. The number of hydrogen-bond donors (Lipinski definition) is 0. The van der Waals surface area contributed by atoms with Crippen molar-refractivity contribution >= 4 is 5.90 Å². The van der Waals surface area contributed by atoms with Gasteiger partial charge in [-0.05, 0) is 30.7 Å². The molecular formula is C14H13N2O2-. The zero-order valence-electron chi connectivity index (χ0n) is 10.3. The number of aryl methyl sites for hydroxylation is 1. The maximum atomic E-state index is 11.4. The van der Waals surface area contributed by atoms with Gasteiger partial charge in [-0.25, -0.2) is 0 Å². The Bertz CT molecular complexity index is 580. The Balaban J connectivity index is 2.24. The van der Waals surface area contributed by atoms with Crippen LogP contribution in [0.2, 0.25) is 0 Å². The first kappa shape index (κ1) is 12.1. The Morgan fingerprint density at radius 1 is 1.22 bits per heavy atom. The molecule has 0 spiro atoms. The highest BCUT2D eigenvalue weighted by Gasteiger charge is 2.00. The zero-order valence-corrected chi connectivity index (χ0v) is 10.3. The molecule has 4 heteroatoms. The molecule has 0 atom stereocenters. The number of nitrogens with zero attached hydrogens (tertiary/aromatic N) is 2. The molecule has 0 aliphatic carbocycles. The Labute approximate surface area is 106 Å². The SMILES string of the molecule is CN=C([O-])c1cc(Oc2cccc(C)c2)ccn1. The number of hydrogen-bond acceptors (Lipinski definition) is 4. The highest BCUT2D eigenvalue weighted by atomic mass is 16.5. The first-order valence-corrected chi connectivity index (χ1v) is 5.54. The van der Waals surface area contributed by atoms with E-state index in [0.717, 1.165) is 11.3 Å². The molecule has 1 aromatic carbocycles. The third-order valence-electron chi connectivity index (χ3n) is 2.38. The summed E-state index contributed by atoms with van der Waals surface area (Å²) in [6.45, 7) is 1.99. The summed E-state index contributed by atoms with van der Waals surface area (Å²) in [5.41, 5.74) is 1.39. The molecule has 2 aromatic rings. The van der Waals surface area contributed by atoms with Crippen LogP contribution >= 0.6 is 0 Å². The van der Waals surface area contributed by atoms with Crippen molar-refractivity contribution in [3.05, 3.63) is 53.9 Å². The van der Waals surface area contributed by atoms with Crippen molar-refractivity contribution < 1.29 is 9.84 Å². The van der Waals surface area contributed by atoms with Gasteiger partial charge in [-0.15, -0.1) is 0 Å². The Hall–Kier alpha value is -2.36. The van der Waals surface area contributed by atoms with Crippen LogP contribution in [0, 0.1) is 6.92 Å². The summed E-state index contributed by atoms with van der Waals surface area (Å²) in [7, 11) is 1.44. The van der Waals surface area contributed by atoms with Gasteiger partial charge in [-0.3, -0.25) is 4.98 Å². The molecule has 0 fully saturated rings. The molecule has 2 rings (SSSR count). The summed E-state index contributed by atoms with van der Waals surface area (Å²) < 4.78 is 5.66. The molecule has 92 valence electrons. The van der Waals surface area contributed by atoms with Crippen LogP contribution in [0.5, 0.6) is 11.5 Å². The second-order valence-electron chi connectivity index (χ2n) is 3.82. The summed E-state index contributed by atoms with van der Waals surface area (Å²) in [6, 6.07) is 11.0. The average Bonchev–Trinajstić information content (AvgIpc) is 2.38. The molecule has 0 aliphatic rings. The van der Waals surface area contributed by atoms with E-state index in [1.165, 1.54) is 13.2 Å². The lowest BCUT2D eigenvalue weighted by molar-refractivity contribution is -0.213. The lowest BCUT2D eigenvalue weighted by Gasteiger charge is -2.11. The normalized spacial score (nSPS) is 11.3. The predicted molar refractivity (Wildman–Crippen MR) is 68.0 cm³/mol. The first-order valence-electron chi connectivity index (χ1n) is 5.54. The second kappa shape index (κ2) is 5.31. The van der Waals surface area contributed by atoms with Crippen LogP contribution in [0.4, 0.5) is 0 Å². The summed E-state index contributed by atoms with van der Waals surface area (Å²) >= 11 is 0. The van der Waals surface area contributed by atoms with Crippen LogP contribution in [-0.2, 0) is 0 Å². The number of benzene rings is 1. The number of aromatic nitrogens is 1. The smallest absolute Gasteiger partial charge is 0.131 e. The van der Waals surface area contributed by atoms with Crippen molar-refractivity contribution in [2.75, 3.05) is 7.05 Å². The average molecular weight is 241 g/mol. The molecular weight excluding hydrogens is 228 g/mol. The standard InChI is InChI=1S/C14H14N2O2/c1-10-4-3-5-11(8-10)18-12-6-7-16-13(9-12)14(17)15-2/h3-9H,1-2H3,(H,15,17)/p-1. The summed E-state index contributed by atoms with van der Waals surface area (Å²) in [6.07, 6.45) is 1.53. The fourth-order valence-electron chi connectivity index (χ4n) is 1.52. The molecule has 0 N–H and O–H groups in total. The van der Waals surface area contributed by atoms with Crippen LogP contribution in [0.15, 0.2) is 47.6 Å². The Morgan fingerprint density at radius 3 is 2.72 bits per heavy atom. The third-order valence-corrected chi connectivity index (χ3v) is 2.38. The van der Waals surface area contributed by atoms with Crippen molar-refractivity contribution in [3.8, 4) is 11.5 Å². The number of pyridine rings is 1. The van der Waals surface area contributed by atoms with Gasteiger partial charge in [0, 0.05) is 25.2 Å². The molecule has 18 heavy (non-hydrogen) atoms. The van der Waals surface area contributed by atoms with E-state index in [1.807, 2.05) is 31.2 Å². The zero-order chi connectivity index (χ0) is 13.0. The Morgan fingerprint density at radius 2 is 2.00 bits per heavy atom. The largest absolute Gasteiger partial charge is 0.857 e. The Kier molecular flexibility index (Phi) is 3.57. The van der Waals surface area contributed by atoms with Crippen molar-refractivity contribution in [1.82, 2.24) is 4.98 Å². The molecule has 0 bridgehead atoms. The van der Waals surface area contributed by atoms with Gasteiger partial charge in [0.15, 0.2) is 0 Å². The molecule has 1 heterocycles. The molecule has 0 saturated heterocycles. The number of ether oxygens (including phenoxy) is 1. The monoisotopic (exact) mass is 241 g/mol. The summed E-state index contributed by atoms with van der Waals surface area (Å²) in [4.78, 5) is 7.51. The van der Waals surface area contributed by atoms with Gasteiger partial charge >= 0.3 is 0 Å². The van der Waals surface area contributed by atoms with Gasteiger partial charge in [-0.1, -0.05) is 12.1 Å². The van der Waals surface area contributed by atoms with E-state index in [4.69, 9.17) is 4.74 Å². The summed E-state index contributed by atoms with van der Waals surface area (Å²) in [5, 5.41) is 11.4. The number of aliphatic imine (C=N–C) groups is 1. The van der Waals surface area contributed by atoms with Gasteiger partial charge < -0.3 is 14.8 Å². The van der Waals surface area contributed by atoms with Crippen LogP contribution in [-0.4, -0.2) is 17.9 Å². The van der Waals surface area contributed by atoms with Gasteiger partial charge in [0.1, 0.15) is 11.5 Å². The van der Waals surface area contributed by atoms with Crippen molar-refractivity contribution in [3.63, 3.8) is 0 Å². The highest BCUT2D eigenvalue weighted by molar-refractivity contribution is 5.88. The minimum absolute atomic E-state index is 0.280. The molecule has 1 aromatic heterocycles. The van der Waals surface area contributed by atoms with E-state index < -0.39 is 0 Å². The maximum Gasteiger partial charge on any atom is 0.131 e. The van der Waals surface area contributed by atoms with E-state index >= 15 is 0 Å². The lowest BCUT2D eigenvalue weighted by atomic mass is 10.2.